The molecule has 0 spiro atoms. The van der Waals surface area contributed by atoms with E-state index in [1.165, 1.54) is 14.2 Å². The normalized spacial score (nSPS) is 13.2. The molecule has 19 heavy (non-hydrogen) atoms. The first-order chi connectivity index (χ1) is 8.93. The molecule has 0 saturated heterocycles. The molecule has 0 heterocycles. The summed E-state index contributed by atoms with van der Waals surface area (Å²) in [5, 5.41) is 11.2. The van der Waals surface area contributed by atoms with Gasteiger partial charge in [0.05, 0.1) is 20.8 Å². The lowest BCUT2D eigenvalue weighted by Crippen LogP contribution is -2.37. The number of hydrogen-bond acceptors (Lipinski definition) is 4. The summed E-state index contributed by atoms with van der Waals surface area (Å²) in [7, 11) is 3.04. The molecular weight excluding hydrogens is 256 g/mol. The number of nitrogens with one attached hydrogen (secondary N) is 1. The van der Waals surface area contributed by atoms with Gasteiger partial charge in [0.15, 0.2) is 11.5 Å². The number of hydrogen-bond donors (Lipinski definition) is 2. The van der Waals surface area contributed by atoms with E-state index in [-0.39, 0.29) is 6.04 Å². The minimum absolute atomic E-state index is 0.294. The SMILES string of the molecule is COc1ccc(C(C)NCC(F)(F)CO)cc1OC. The first-order valence-electron chi connectivity index (χ1n) is 5.87. The molecule has 1 rings (SSSR count). The summed E-state index contributed by atoms with van der Waals surface area (Å²) in [6, 6.07) is 4.93. The molecule has 4 nitrogen and oxygen atoms in total. The lowest BCUT2D eigenvalue weighted by molar-refractivity contribution is -0.0490. The van der Waals surface area contributed by atoms with E-state index < -0.39 is 19.1 Å². The minimum atomic E-state index is -3.12. The fourth-order valence-corrected chi connectivity index (χ4v) is 1.60. The fraction of sp³-hybridized carbons (Fsp3) is 0.538. The van der Waals surface area contributed by atoms with Crippen LogP contribution in [0, 0.1) is 0 Å². The van der Waals surface area contributed by atoms with Gasteiger partial charge < -0.3 is 19.9 Å². The second-order valence-corrected chi connectivity index (χ2v) is 4.23. The fourth-order valence-electron chi connectivity index (χ4n) is 1.60. The molecule has 1 aromatic carbocycles. The lowest BCUT2D eigenvalue weighted by atomic mass is 10.1. The van der Waals surface area contributed by atoms with Crippen LogP contribution in [-0.4, -0.2) is 38.4 Å². The molecule has 0 bridgehead atoms. The smallest absolute Gasteiger partial charge is 0.282 e. The van der Waals surface area contributed by atoms with Crippen LogP contribution in [0.3, 0.4) is 0 Å². The third-order valence-corrected chi connectivity index (χ3v) is 2.81. The van der Waals surface area contributed by atoms with Gasteiger partial charge in [0.2, 0.25) is 0 Å². The maximum Gasteiger partial charge on any atom is 0.282 e. The first-order valence-corrected chi connectivity index (χ1v) is 5.87. The highest BCUT2D eigenvalue weighted by Crippen LogP contribution is 2.30. The third-order valence-electron chi connectivity index (χ3n) is 2.81. The molecule has 0 fully saturated rings. The zero-order valence-corrected chi connectivity index (χ0v) is 11.2. The van der Waals surface area contributed by atoms with Crippen LogP contribution in [0.4, 0.5) is 8.78 Å². The number of benzene rings is 1. The molecule has 2 N–H and O–H groups in total. The average molecular weight is 275 g/mol. The molecule has 0 radical (unpaired) electrons. The Labute approximate surface area is 111 Å². The van der Waals surface area contributed by atoms with Gasteiger partial charge in [0.25, 0.3) is 5.92 Å². The van der Waals surface area contributed by atoms with Crippen LogP contribution in [0.5, 0.6) is 11.5 Å². The topological polar surface area (TPSA) is 50.7 Å². The van der Waals surface area contributed by atoms with E-state index in [4.69, 9.17) is 14.6 Å². The van der Waals surface area contributed by atoms with Crippen LogP contribution in [-0.2, 0) is 0 Å². The van der Waals surface area contributed by atoms with Crippen molar-refractivity contribution in [3.63, 3.8) is 0 Å². The Morgan fingerprint density at radius 3 is 2.42 bits per heavy atom. The van der Waals surface area contributed by atoms with E-state index in [2.05, 4.69) is 5.32 Å². The second kappa shape index (κ2) is 6.68. The van der Waals surface area contributed by atoms with E-state index >= 15 is 0 Å². The second-order valence-electron chi connectivity index (χ2n) is 4.23. The molecule has 1 aromatic rings. The highest BCUT2D eigenvalue weighted by molar-refractivity contribution is 5.43. The monoisotopic (exact) mass is 275 g/mol. The summed E-state index contributed by atoms with van der Waals surface area (Å²) in [6.45, 7) is 0.00632. The van der Waals surface area contributed by atoms with Crippen molar-refractivity contribution in [2.75, 3.05) is 27.4 Å². The molecule has 0 saturated carbocycles. The minimum Gasteiger partial charge on any atom is -0.493 e. The first kappa shape index (κ1) is 15.7. The quantitative estimate of drug-likeness (QED) is 0.799. The predicted octanol–water partition coefficient (Wildman–Crippen LogP) is 1.98. The molecule has 0 aliphatic rings. The van der Waals surface area contributed by atoms with E-state index in [1.54, 1.807) is 25.1 Å². The van der Waals surface area contributed by atoms with Crippen LogP contribution in [0.1, 0.15) is 18.5 Å². The van der Waals surface area contributed by atoms with Crippen molar-refractivity contribution in [1.82, 2.24) is 5.32 Å². The van der Waals surface area contributed by atoms with Gasteiger partial charge in [-0.15, -0.1) is 0 Å². The Kier molecular flexibility index (Phi) is 5.50. The Hall–Kier alpha value is -1.40. The Balaban J connectivity index is 2.74. The van der Waals surface area contributed by atoms with Crippen LogP contribution < -0.4 is 14.8 Å². The summed E-state index contributed by atoms with van der Waals surface area (Å²) in [5.74, 6) is -1.99. The molecule has 0 aliphatic carbocycles. The van der Waals surface area contributed by atoms with E-state index in [1.807, 2.05) is 0 Å². The zero-order valence-electron chi connectivity index (χ0n) is 11.2. The molecule has 6 heteroatoms. The van der Waals surface area contributed by atoms with Crippen molar-refractivity contribution < 1.29 is 23.4 Å². The van der Waals surface area contributed by atoms with Gasteiger partial charge in [-0.1, -0.05) is 6.07 Å². The number of ether oxygens (including phenoxy) is 2. The molecule has 108 valence electrons. The molecular formula is C13H19F2NO3. The molecule has 0 amide bonds. The van der Waals surface area contributed by atoms with Crippen molar-refractivity contribution in [2.24, 2.45) is 0 Å². The van der Waals surface area contributed by atoms with Gasteiger partial charge in [-0.3, -0.25) is 0 Å². The van der Waals surface area contributed by atoms with Crippen molar-refractivity contribution in [3.8, 4) is 11.5 Å². The van der Waals surface area contributed by atoms with Gasteiger partial charge in [0, 0.05) is 6.04 Å². The summed E-state index contributed by atoms with van der Waals surface area (Å²) in [6.07, 6.45) is 0. The number of aliphatic hydroxyl groups is 1. The Morgan fingerprint density at radius 1 is 1.26 bits per heavy atom. The van der Waals surface area contributed by atoms with Gasteiger partial charge in [-0.2, -0.15) is 0 Å². The zero-order chi connectivity index (χ0) is 14.5. The molecule has 1 atom stereocenters. The van der Waals surface area contributed by atoms with E-state index in [0.717, 1.165) is 5.56 Å². The van der Waals surface area contributed by atoms with Crippen LogP contribution >= 0.6 is 0 Å². The van der Waals surface area contributed by atoms with Crippen molar-refractivity contribution in [1.29, 1.82) is 0 Å². The van der Waals surface area contributed by atoms with Crippen LogP contribution in [0.2, 0.25) is 0 Å². The van der Waals surface area contributed by atoms with E-state index in [0.29, 0.717) is 11.5 Å². The van der Waals surface area contributed by atoms with Crippen molar-refractivity contribution in [3.05, 3.63) is 23.8 Å². The summed E-state index contributed by atoms with van der Waals surface area (Å²) >= 11 is 0. The highest BCUT2D eigenvalue weighted by Gasteiger charge is 2.28. The van der Waals surface area contributed by atoms with Crippen molar-refractivity contribution >= 4 is 0 Å². The van der Waals surface area contributed by atoms with Gasteiger partial charge in [-0.25, -0.2) is 8.78 Å². The third kappa shape index (κ3) is 4.33. The number of alkyl halides is 2. The highest BCUT2D eigenvalue weighted by atomic mass is 19.3. The Morgan fingerprint density at radius 2 is 1.89 bits per heavy atom. The average Bonchev–Trinajstić information content (AvgIpc) is 2.44. The number of methoxy groups -OCH3 is 2. The summed E-state index contributed by atoms with van der Waals surface area (Å²) in [5.41, 5.74) is 0.798. The van der Waals surface area contributed by atoms with Gasteiger partial charge in [-0.05, 0) is 24.6 Å². The number of halogens is 2. The standard InChI is InChI=1S/C13H19F2NO3/c1-9(16-7-13(14,15)8-17)10-4-5-11(18-2)12(6-10)19-3/h4-6,9,16-17H,7-8H2,1-3H3. The van der Waals surface area contributed by atoms with Crippen LogP contribution in [0.25, 0.3) is 0 Å². The molecule has 1 unspecified atom stereocenters. The van der Waals surface area contributed by atoms with Crippen molar-refractivity contribution in [2.45, 2.75) is 18.9 Å². The number of rotatable bonds is 7. The lowest BCUT2D eigenvalue weighted by Gasteiger charge is -2.20. The number of aliphatic hydroxyl groups excluding tert-OH is 1. The summed E-state index contributed by atoms with van der Waals surface area (Å²) < 4.78 is 36.1. The van der Waals surface area contributed by atoms with Gasteiger partial charge in [0.1, 0.15) is 6.61 Å². The maximum atomic E-state index is 12.9. The predicted molar refractivity (Wildman–Crippen MR) is 68.0 cm³/mol. The van der Waals surface area contributed by atoms with Crippen LogP contribution in [0.15, 0.2) is 18.2 Å². The summed E-state index contributed by atoms with van der Waals surface area (Å²) in [4.78, 5) is 0. The molecule has 0 aromatic heterocycles. The largest absolute Gasteiger partial charge is 0.493 e. The van der Waals surface area contributed by atoms with Gasteiger partial charge >= 0.3 is 0 Å². The van der Waals surface area contributed by atoms with E-state index in [9.17, 15) is 8.78 Å². The molecule has 0 aliphatic heterocycles. The Bertz CT molecular complexity index is 413. The maximum absolute atomic E-state index is 12.9.